The zero-order valence-electron chi connectivity index (χ0n) is 9.20. The number of rotatable bonds is 4. The van der Waals surface area contributed by atoms with E-state index in [1.54, 1.807) is 0 Å². The number of alkyl halides is 1. The zero-order valence-corrected chi connectivity index (χ0v) is 11.4. The number of furan rings is 2. The molecule has 2 aromatic rings. The molecule has 0 aromatic carbocycles. The molecule has 4 heteroatoms. The van der Waals surface area contributed by atoms with Gasteiger partial charge in [0.15, 0.2) is 0 Å². The average Bonchev–Trinajstić information content (AvgIpc) is 2.89. The van der Waals surface area contributed by atoms with Gasteiger partial charge in [-0.3, -0.25) is 4.79 Å². The van der Waals surface area contributed by atoms with E-state index >= 15 is 0 Å². The van der Waals surface area contributed by atoms with Crippen molar-refractivity contribution in [2.75, 3.05) is 0 Å². The molecule has 0 radical (unpaired) electrons. The van der Waals surface area contributed by atoms with Crippen molar-refractivity contribution in [1.29, 1.82) is 0 Å². The van der Waals surface area contributed by atoms with Crippen molar-refractivity contribution in [3.63, 3.8) is 0 Å². The summed E-state index contributed by atoms with van der Waals surface area (Å²) < 4.78 is 10.7. The van der Waals surface area contributed by atoms with Crippen molar-refractivity contribution < 1.29 is 13.9 Å². The number of ether oxygens (including phenoxy) is 1. The summed E-state index contributed by atoms with van der Waals surface area (Å²) in [5, 5.41) is 0. The van der Waals surface area contributed by atoms with Crippen LogP contribution in [0.1, 0.15) is 31.9 Å². The maximum absolute atomic E-state index is 11.6. The summed E-state index contributed by atoms with van der Waals surface area (Å²) >= 11 is 2.10. The third kappa shape index (κ3) is 2.16. The number of esters is 1. The molecular formula is C12H13IO3. The largest absolute Gasteiger partial charge is 0.457 e. The van der Waals surface area contributed by atoms with Crippen LogP contribution in [0.15, 0.2) is 22.6 Å². The van der Waals surface area contributed by atoms with Gasteiger partial charge in [-0.2, -0.15) is 0 Å². The SMILES string of the molecule is CCC(I)C(=O)OC(C)c1cc2ccc1o2. The lowest BCUT2D eigenvalue weighted by atomic mass is 10.1. The van der Waals surface area contributed by atoms with E-state index in [0.29, 0.717) is 0 Å². The summed E-state index contributed by atoms with van der Waals surface area (Å²) in [5.74, 6) is -0.158. The standard InChI is InChI=1S/C12H13IO3/c1-3-10(13)12(14)15-7(2)9-6-8-4-5-11(9)16-8/h4-7,10H,3H2,1-2H3. The second kappa shape index (κ2) is 4.61. The molecule has 16 heavy (non-hydrogen) atoms. The average molecular weight is 332 g/mol. The van der Waals surface area contributed by atoms with Crippen molar-refractivity contribution in [2.24, 2.45) is 0 Å². The Morgan fingerprint density at radius 1 is 1.56 bits per heavy atom. The first kappa shape index (κ1) is 11.7. The van der Waals surface area contributed by atoms with Gasteiger partial charge in [-0.05, 0) is 31.5 Å². The second-order valence-corrected chi connectivity index (χ2v) is 5.26. The maximum atomic E-state index is 11.6. The predicted molar refractivity (Wildman–Crippen MR) is 70.0 cm³/mol. The highest BCUT2D eigenvalue weighted by atomic mass is 127. The third-order valence-electron chi connectivity index (χ3n) is 2.55. The molecule has 0 saturated carbocycles. The Hall–Kier alpha value is -0.780. The molecule has 0 N–H and O–H groups in total. The molecule has 0 saturated heterocycles. The monoisotopic (exact) mass is 332 g/mol. The fraction of sp³-hybridized carbons (Fsp3) is 0.417. The van der Waals surface area contributed by atoms with Gasteiger partial charge in [-0.15, -0.1) is 0 Å². The van der Waals surface area contributed by atoms with Gasteiger partial charge in [0.1, 0.15) is 21.2 Å². The van der Waals surface area contributed by atoms with Gasteiger partial charge in [-0.25, -0.2) is 0 Å². The van der Waals surface area contributed by atoms with E-state index in [4.69, 9.17) is 9.15 Å². The third-order valence-corrected chi connectivity index (χ3v) is 3.94. The van der Waals surface area contributed by atoms with Crippen LogP contribution >= 0.6 is 22.6 Å². The minimum Gasteiger partial charge on any atom is -0.457 e. The van der Waals surface area contributed by atoms with Crippen molar-refractivity contribution >= 4 is 39.7 Å². The predicted octanol–water partition coefficient (Wildman–Crippen LogP) is 3.69. The molecule has 0 aliphatic rings. The summed E-state index contributed by atoms with van der Waals surface area (Å²) in [6, 6.07) is 5.72. The fourth-order valence-corrected chi connectivity index (χ4v) is 1.75. The molecule has 0 amide bonds. The molecule has 2 bridgehead atoms. The smallest absolute Gasteiger partial charge is 0.319 e. The van der Waals surface area contributed by atoms with Crippen molar-refractivity contribution in [3.05, 3.63) is 23.8 Å². The first-order valence-corrected chi connectivity index (χ1v) is 6.52. The zero-order chi connectivity index (χ0) is 11.7. The molecule has 2 atom stereocenters. The van der Waals surface area contributed by atoms with E-state index in [2.05, 4.69) is 22.6 Å². The maximum Gasteiger partial charge on any atom is 0.319 e. The Morgan fingerprint density at radius 2 is 2.31 bits per heavy atom. The van der Waals surface area contributed by atoms with Gasteiger partial charge in [-0.1, -0.05) is 29.5 Å². The quantitative estimate of drug-likeness (QED) is 0.487. The first-order chi connectivity index (χ1) is 7.61. The molecular weight excluding hydrogens is 319 g/mol. The van der Waals surface area contributed by atoms with Gasteiger partial charge in [0.05, 0.1) is 0 Å². The Bertz CT molecular complexity index is 477. The topological polar surface area (TPSA) is 39.4 Å². The van der Waals surface area contributed by atoms with Crippen LogP contribution in [-0.2, 0) is 9.53 Å². The molecule has 0 spiro atoms. The molecule has 0 aliphatic heterocycles. The summed E-state index contributed by atoms with van der Waals surface area (Å²) in [4.78, 5) is 11.6. The highest BCUT2D eigenvalue weighted by molar-refractivity contribution is 14.1. The van der Waals surface area contributed by atoms with Gasteiger partial charge < -0.3 is 9.15 Å². The summed E-state index contributed by atoms with van der Waals surface area (Å²) in [5.41, 5.74) is 2.58. The lowest BCUT2D eigenvalue weighted by Gasteiger charge is -2.14. The number of carbonyl (C=O) groups is 1. The van der Waals surface area contributed by atoms with E-state index in [1.165, 1.54) is 0 Å². The van der Waals surface area contributed by atoms with Gasteiger partial charge >= 0.3 is 5.97 Å². The number of fused-ring (bicyclic) bond motifs is 2. The van der Waals surface area contributed by atoms with Crippen LogP contribution in [0, 0.1) is 0 Å². The lowest BCUT2D eigenvalue weighted by Crippen LogP contribution is -2.18. The van der Waals surface area contributed by atoms with Gasteiger partial charge in [0.2, 0.25) is 0 Å². The van der Waals surface area contributed by atoms with Crippen molar-refractivity contribution in [3.8, 4) is 0 Å². The number of hydrogen-bond acceptors (Lipinski definition) is 3. The van der Waals surface area contributed by atoms with Crippen LogP contribution < -0.4 is 0 Å². The van der Waals surface area contributed by atoms with Gasteiger partial charge in [0, 0.05) is 5.56 Å². The van der Waals surface area contributed by atoms with E-state index in [9.17, 15) is 4.79 Å². The second-order valence-electron chi connectivity index (χ2n) is 3.76. The minimum atomic E-state index is -0.242. The Kier molecular flexibility index (Phi) is 3.37. The number of benzene rings is 1. The Balaban J connectivity index is 2.06. The van der Waals surface area contributed by atoms with E-state index in [0.717, 1.165) is 23.2 Å². The summed E-state index contributed by atoms with van der Waals surface area (Å²) in [6.07, 6.45) is 0.545. The van der Waals surface area contributed by atoms with E-state index < -0.39 is 0 Å². The minimum absolute atomic E-state index is 0.0756. The highest BCUT2D eigenvalue weighted by Gasteiger charge is 2.21. The van der Waals surface area contributed by atoms with Crippen LogP contribution in [0.25, 0.3) is 11.2 Å². The number of halogens is 1. The van der Waals surface area contributed by atoms with Crippen molar-refractivity contribution in [1.82, 2.24) is 0 Å². The first-order valence-electron chi connectivity index (χ1n) is 5.28. The van der Waals surface area contributed by atoms with E-state index in [1.807, 2.05) is 32.0 Å². The molecule has 3 nitrogen and oxygen atoms in total. The molecule has 2 rings (SSSR count). The van der Waals surface area contributed by atoms with Crippen LogP contribution in [0.5, 0.6) is 0 Å². The Morgan fingerprint density at radius 3 is 2.81 bits per heavy atom. The Labute approximate surface area is 108 Å². The molecule has 86 valence electrons. The molecule has 2 heterocycles. The summed E-state index contributed by atoms with van der Waals surface area (Å²) in [6.45, 7) is 3.84. The molecule has 2 unspecified atom stereocenters. The number of carbonyl (C=O) groups excluding carboxylic acids is 1. The van der Waals surface area contributed by atoms with E-state index in [-0.39, 0.29) is 16.0 Å². The highest BCUT2D eigenvalue weighted by Crippen LogP contribution is 2.29. The van der Waals surface area contributed by atoms with Crippen LogP contribution in [-0.4, -0.2) is 9.89 Å². The molecule has 2 aromatic heterocycles. The lowest BCUT2D eigenvalue weighted by molar-refractivity contribution is -0.147. The van der Waals surface area contributed by atoms with Crippen LogP contribution in [0.2, 0.25) is 0 Å². The van der Waals surface area contributed by atoms with Gasteiger partial charge in [0.25, 0.3) is 0 Å². The number of hydrogen-bond donors (Lipinski definition) is 0. The normalized spacial score (nSPS) is 15.2. The van der Waals surface area contributed by atoms with Crippen molar-refractivity contribution in [2.45, 2.75) is 30.3 Å². The van der Waals surface area contributed by atoms with Crippen LogP contribution in [0.3, 0.4) is 0 Å². The molecule has 0 aliphatic carbocycles. The summed E-state index contributed by atoms with van der Waals surface area (Å²) in [7, 11) is 0. The fourth-order valence-electron chi connectivity index (χ4n) is 1.61. The van der Waals surface area contributed by atoms with Crippen LogP contribution in [0.4, 0.5) is 0 Å². The molecule has 0 fully saturated rings.